The highest BCUT2D eigenvalue weighted by atomic mass is 16.5. The lowest BCUT2D eigenvalue weighted by Crippen LogP contribution is -2.30. The molecule has 2 nitrogen and oxygen atoms in total. The molecule has 0 bridgehead atoms. The van der Waals surface area contributed by atoms with Crippen molar-refractivity contribution in [2.24, 2.45) is 5.41 Å². The van der Waals surface area contributed by atoms with E-state index in [0.717, 1.165) is 18.2 Å². The average Bonchev–Trinajstić information content (AvgIpc) is 2.94. The highest BCUT2D eigenvalue weighted by Crippen LogP contribution is 2.44. The van der Waals surface area contributed by atoms with Gasteiger partial charge in [-0.15, -0.1) is 0 Å². The number of rotatable bonds is 6. The van der Waals surface area contributed by atoms with Gasteiger partial charge in [-0.3, -0.25) is 0 Å². The summed E-state index contributed by atoms with van der Waals surface area (Å²) in [5, 5.41) is 3.71. The molecule has 1 aliphatic carbocycles. The van der Waals surface area contributed by atoms with Crippen molar-refractivity contribution in [3.8, 4) is 5.75 Å². The molecule has 0 radical (unpaired) electrons. The van der Waals surface area contributed by atoms with Gasteiger partial charge in [0.15, 0.2) is 0 Å². The molecular formula is C16H25NO. The minimum absolute atomic E-state index is 0.522. The lowest BCUT2D eigenvalue weighted by Gasteiger charge is -2.15. The predicted octanol–water partition coefficient (Wildman–Crippen LogP) is 3.40. The van der Waals surface area contributed by atoms with E-state index in [2.05, 4.69) is 38.2 Å². The van der Waals surface area contributed by atoms with E-state index in [4.69, 9.17) is 4.74 Å². The molecule has 18 heavy (non-hydrogen) atoms. The second-order valence-electron chi connectivity index (χ2n) is 6.20. The van der Waals surface area contributed by atoms with Gasteiger partial charge in [0.25, 0.3) is 0 Å². The van der Waals surface area contributed by atoms with E-state index in [0.29, 0.717) is 11.5 Å². The zero-order valence-corrected chi connectivity index (χ0v) is 12.0. The van der Waals surface area contributed by atoms with E-state index in [1.807, 2.05) is 12.1 Å². The first kappa shape index (κ1) is 13.4. The summed E-state index contributed by atoms with van der Waals surface area (Å²) < 4.78 is 5.17. The van der Waals surface area contributed by atoms with E-state index in [9.17, 15) is 0 Å². The summed E-state index contributed by atoms with van der Waals surface area (Å²) in [6.45, 7) is 6.96. The van der Waals surface area contributed by atoms with E-state index >= 15 is 0 Å². The SMILES string of the molecule is COc1ccc(CCC(C)NC2CC2(C)C)cc1. The van der Waals surface area contributed by atoms with Gasteiger partial charge in [-0.2, -0.15) is 0 Å². The number of benzene rings is 1. The van der Waals surface area contributed by atoms with Crippen LogP contribution in [0, 0.1) is 5.41 Å². The molecule has 2 rings (SSSR count). The molecule has 1 aliphatic rings. The maximum Gasteiger partial charge on any atom is 0.118 e. The molecule has 0 spiro atoms. The van der Waals surface area contributed by atoms with Gasteiger partial charge in [-0.25, -0.2) is 0 Å². The Labute approximate surface area is 111 Å². The average molecular weight is 247 g/mol. The number of nitrogens with one attached hydrogen (secondary N) is 1. The van der Waals surface area contributed by atoms with Crippen molar-refractivity contribution in [1.29, 1.82) is 0 Å². The largest absolute Gasteiger partial charge is 0.497 e. The van der Waals surface area contributed by atoms with Gasteiger partial charge in [0, 0.05) is 12.1 Å². The molecule has 0 saturated heterocycles. The third-order valence-electron chi connectivity index (χ3n) is 4.02. The summed E-state index contributed by atoms with van der Waals surface area (Å²) in [6.07, 6.45) is 3.64. The molecule has 2 heteroatoms. The van der Waals surface area contributed by atoms with Crippen molar-refractivity contribution in [2.75, 3.05) is 7.11 Å². The van der Waals surface area contributed by atoms with Gasteiger partial charge in [0.2, 0.25) is 0 Å². The first-order valence-corrected chi connectivity index (χ1v) is 6.90. The zero-order chi connectivity index (χ0) is 13.2. The molecule has 1 saturated carbocycles. The van der Waals surface area contributed by atoms with Crippen LogP contribution in [0.4, 0.5) is 0 Å². The van der Waals surface area contributed by atoms with Crippen LogP contribution in [0.25, 0.3) is 0 Å². The van der Waals surface area contributed by atoms with Gasteiger partial charge in [-0.1, -0.05) is 26.0 Å². The lowest BCUT2D eigenvalue weighted by molar-refractivity contribution is 0.414. The van der Waals surface area contributed by atoms with E-state index in [-0.39, 0.29) is 0 Å². The summed E-state index contributed by atoms with van der Waals surface area (Å²) in [5.41, 5.74) is 1.91. The van der Waals surface area contributed by atoms with Gasteiger partial charge >= 0.3 is 0 Å². The number of ether oxygens (including phenoxy) is 1. The Bertz CT molecular complexity index is 383. The van der Waals surface area contributed by atoms with Crippen LogP contribution in [0.3, 0.4) is 0 Å². The Morgan fingerprint density at radius 1 is 1.33 bits per heavy atom. The Balaban J connectivity index is 1.73. The molecule has 0 aliphatic heterocycles. The zero-order valence-electron chi connectivity index (χ0n) is 12.0. The molecule has 0 amide bonds. The van der Waals surface area contributed by atoms with Gasteiger partial charge in [0.05, 0.1) is 7.11 Å². The van der Waals surface area contributed by atoms with Gasteiger partial charge in [0.1, 0.15) is 5.75 Å². The fourth-order valence-corrected chi connectivity index (χ4v) is 2.35. The standard InChI is InChI=1S/C16H25NO/c1-12(17-15-11-16(15,2)3)5-6-13-7-9-14(18-4)10-8-13/h7-10,12,15,17H,5-6,11H2,1-4H3. The van der Waals surface area contributed by atoms with Crippen LogP contribution < -0.4 is 10.1 Å². The Hall–Kier alpha value is -1.02. The third kappa shape index (κ3) is 3.49. The molecule has 1 N–H and O–H groups in total. The number of methoxy groups -OCH3 is 1. The van der Waals surface area contributed by atoms with Crippen LogP contribution in [0.5, 0.6) is 5.75 Å². The quantitative estimate of drug-likeness (QED) is 0.832. The van der Waals surface area contributed by atoms with Crippen LogP contribution in [-0.2, 0) is 6.42 Å². The minimum atomic E-state index is 0.522. The number of hydrogen-bond donors (Lipinski definition) is 1. The van der Waals surface area contributed by atoms with Crippen molar-refractivity contribution in [2.45, 2.75) is 52.1 Å². The van der Waals surface area contributed by atoms with Crippen molar-refractivity contribution < 1.29 is 4.74 Å². The van der Waals surface area contributed by atoms with Crippen molar-refractivity contribution in [3.63, 3.8) is 0 Å². The van der Waals surface area contributed by atoms with Crippen molar-refractivity contribution in [3.05, 3.63) is 29.8 Å². The first-order valence-electron chi connectivity index (χ1n) is 6.90. The molecule has 2 atom stereocenters. The fraction of sp³-hybridized carbons (Fsp3) is 0.625. The van der Waals surface area contributed by atoms with Crippen LogP contribution in [-0.4, -0.2) is 19.2 Å². The summed E-state index contributed by atoms with van der Waals surface area (Å²) in [7, 11) is 1.71. The number of aryl methyl sites for hydroxylation is 1. The fourth-order valence-electron chi connectivity index (χ4n) is 2.35. The van der Waals surface area contributed by atoms with E-state index in [1.165, 1.54) is 18.4 Å². The highest BCUT2D eigenvalue weighted by Gasteiger charge is 2.45. The van der Waals surface area contributed by atoms with Crippen molar-refractivity contribution in [1.82, 2.24) is 5.32 Å². The Kier molecular flexibility index (Phi) is 3.96. The molecular weight excluding hydrogens is 222 g/mol. The summed E-state index contributed by atoms with van der Waals surface area (Å²) in [5.74, 6) is 0.935. The molecule has 1 fully saturated rings. The monoisotopic (exact) mass is 247 g/mol. The predicted molar refractivity (Wildman–Crippen MR) is 76.1 cm³/mol. The van der Waals surface area contributed by atoms with E-state index < -0.39 is 0 Å². The summed E-state index contributed by atoms with van der Waals surface area (Å²) in [4.78, 5) is 0. The van der Waals surface area contributed by atoms with Crippen LogP contribution >= 0.6 is 0 Å². The topological polar surface area (TPSA) is 21.3 Å². The first-order chi connectivity index (χ1) is 8.51. The molecule has 2 unspecified atom stereocenters. The normalized spacial score (nSPS) is 22.6. The maximum absolute atomic E-state index is 5.17. The van der Waals surface area contributed by atoms with Gasteiger partial charge in [-0.05, 0) is 49.3 Å². The van der Waals surface area contributed by atoms with Crippen LogP contribution in [0.2, 0.25) is 0 Å². The summed E-state index contributed by atoms with van der Waals surface area (Å²) >= 11 is 0. The van der Waals surface area contributed by atoms with E-state index in [1.54, 1.807) is 7.11 Å². The highest BCUT2D eigenvalue weighted by molar-refractivity contribution is 5.27. The second kappa shape index (κ2) is 5.31. The van der Waals surface area contributed by atoms with Crippen LogP contribution in [0.1, 0.15) is 39.2 Å². The number of hydrogen-bond acceptors (Lipinski definition) is 2. The Morgan fingerprint density at radius 3 is 2.44 bits per heavy atom. The third-order valence-corrected chi connectivity index (χ3v) is 4.02. The molecule has 1 aromatic carbocycles. The lowest BCUT2D eigenvalue weighted by atomic mass is 10.1. The second-order valence-corrected chi connectivity index (χ2v) is 6.20. The maximum atomic E-state index is 5.17. The molecule has 1 aromatic rings. The molecule has 0 heterocycles. The molecule has 0 aromatic heterocycles. The smallest absolute Gasteiger partial charge is 0.118 e. The molecule has 100 valence electrons. The van der Waals surface area contributed by atoms with Gasteiger partial charge < -0.3 is 10.1 Å². The van der Waals surface area contributed by atoms with Crippen molar-refractivity contribution >= 4 is 0 Å². The Morgan fingerprint density at radius 2 is 1.94 bits per heavy atom. The van der Waals surface area contributed by atoms with Crippen LogP contribution in [0.15, 0.2) is 24.3 Å². The minimum Gasteiger partial charge on any atom is -0.497 e. The summed E-state index contributed by atoms with van der Waals surface area (Å²) in [6, 6.07) is 9.72.